The van der Waals surface area contributed by atoms with Gasteiger partial charge < -0.3 is 11.1 Å². The lowest BCUT2D eigenvalue weighted by Gasteiger charge is -2.45. The number of benzene rings is 1. The molecule has 0 saturated carbocycles. The van der Waals surface area contributed by atoms with Crippen molar-refractivity contribution >= 4 is 11.4 Å². The maximum Gasteiger partial charge on any atom is 0.0428 e. The van der Waals surface area contributed by atoms with E-state index in [0.717, 1.165) is 5.69 Å². The number of hydrogen-bond acceptors (Lipinski definition) is 2. The molecule has 2 atom stereocenters. The average Bonchev–Trinajstić information content (AvgIpc) is 2.22. The standard InChI is InChI=1S/C14H22N2/c1-8-12(15)7-6-11-9(2)14(4,5)10(3)16-13(8)11/h6-7,9-10,16H,15H2,1-5H3. The Morgan fingerprint density at radius 3 is 2.50 bits per heavy atom. The molecule has 88 valence electrons. The molecule has 1 aromatic carbocycles. The van der Waals surface area contributed by atoms with Crippen LogP contribution in [0, 0.1) is 12.3 Å². The lowest BCUT2D eigenvalue weighted by Crippen LogP contribution is -2.42. The Morgan fingerprint density at radius 2 is 1.88 bits per heavy atom. The zero-order valence-corrected chi connectivity index (χ0v) is 10.9. The third kappa shape index (κ3) is 1.40. The van der Waals surface area contributed by atoms with Gasteiger partial charge in [0.15, 0.2) is 0 Å². The molecule has 2 nitrogen and oxygen atoms in total. The molecule has 0 fully saturated rings. The van der Waals surface area contributed by atoms with Gasteiger partial charge in [-0.1, -0.05) is 26.8 Å². The molecule has 16 heavy (non-hydrogen) atoms. The quantitative estimate of drug-likeness (QED) is 0.654. The SMILES string of the molecule is Cc1c(N)ccc2c1NC(C)C(C)(C)C2C. The maximum atomic E-state index is 5.96. The van der Waals surface area contributed by atoms with E-state index in [2.05, 4.69) is 46.0 Å². The van der Waals surface area contributed by atoms with E-state index in [4.69, 9.17) is 5.73 Å². The highest BCUT2D eigenvalue weighted by molar-refractivity contribution is 5.69. The van der Waals surface area contributed by atoms with E-state index in [1.165, 1.54) is 16.8 Å². The van der Waals surface area contributed by atoms with Crippen LogP contribution in [0.3, 0.4) is 0 Å². The van der Waals surface area contributed by atoms with Crippen molar-refractivity contribution < 1.29 is 0 Å². The smallest absolute Gasteiger partial charge is 0.0428 e. The maximum absolute atomic E-state index is 5.96. The minimum Gasteiger partial charge on any atom is -0.398 e. The molecule has 2 unspecified atom stereocenters. The highest BCUT2D eigenvalue weighted by Crippen LogP contribution is 2.47. The van der Waals surface area contributed by atoms with Gasteiger partial charge in [0, 0.05) is 17.4 Å². The van der Waals surface area contributed by atoms with Gasteiger partial charge in [0.05, 0.1) is 0 Å². The second-order valence-corrected chi connectivity index (χ2v) is 5.65. The third-order valence-corrected chi connectivity index (χ3v) is 4.60. The number of fused-ring (bicyclic) bond motifs is 1. The van der Waals surface area contributed by atoms with E-state index in [9.17, 15) is 0 Å². The number of hydrogen-bond donors (Lipinski definition) is 2. The van der Waals surface area contributed by atoms with Crippen molar-refractivity contribution in [3.05, 3.63) is 23.3 Å². The lowest BCUT2D eigenvalue weighted by molar-refractivity contribution is 0.252. The van der Waals surface area contributed by atoms with Crippen LogP contribution in [0.25, 0.3) is 0 Å². The highest BCUT2D eigenvalue weighted by atomic mass is 15.0. The summed E-state index contributed by atoms with van der Waals surface area (Å²) < 4.78 is 0. The second kappa shape index (κ2) is 3.41. The number of nitrogens with two attached hydrogens (primary N) is 1. The number of nitrogens with one attached hydrogen (secondary N) is 1. The fourth-order valence-electron chi connectivity index (χ4n) is 2.48. The number of nitrogen functional groups attached to an aromatic ring is 1. The van der Waals surface area contributed by atoms with Crippen molar-refractivity contribution in [2.75, 3.05) is 11.1 Å². The van der Waals surface area contributed by atoms with Crippen molar-refractivity contribution in [1.29, 1.82) is 0 Å². The predicted octanol–water partition coefficient (Wildman–Crippen LogP) is 3.52. The van der Waals surface area contributed by atoms with E-state index in [-0.39, 0.29) is 5.41 Å². The van der Waals surface area contributed by atoms with Crippen LogP contribution in [-0.4, -0.2) is 6.04 Å². The highest BCUT2D eigenvalue weighted by Gasteiger charge is 2.38. The molecule has 0 aliphatic carbocycles. The fourth-order valence-corrected chi connectivity index (χ4v) is 2.48. The molecule has 0 amide bonds. The van der Waals surface area contributed by atoms with Crippen LogP contribution >= 0.6 is 0 Å². The summed E-state index contributed by atoms with van der Waals surface area (Å²) in [7, 11) is 0. The van der Waals surface area contributed by atoms with Crippen LogP contribution in [0.1, 0.15) is 44.7 Å². The minimum absolute atomic E-state index is 0.273. The van der Waals surface area contributed by atoms with Crippen molar-refractivity contribution in [3.8, 4) is 0 Å². The Bertz CT molecular complexity index is 421. The first-order valence-electron chi connectivity index (χ1n) is 6.01. The summed E-state index contributed by atoms with van der Waals surface area (Å²) in [6, 6.07) is 4.66. The van der Waals surface area contributed by atoms with Crippen LogP contribution in [0.4, 0.5) is 11.4 Å². The van der Waals surface area contributed by atoms with Gasteiger partial charge in [-0.25, -0.2) is 0 Å². The van der Waals surface area contributed by atoms with Crippen LogP contribution in [0.15, 0.2) is 12.1 Å². The Hall–Kier alpha value is -1.18. The van der Waals surface area contributed by atoms with Crippen molar-refractivity contribution in [2.45, 2.75) is 46.6 Å². The van der Waals surface area contributed by atoms with Crippen LogP contribution in [0.2, 0.25) is 0 Å². The number of rotatable bonds is 0. The molecule has 1 aromatic rings. The molecule has 0 aromatic heterocycles. The Morgan fingerprint density at radius 1 is 1.25 bits per heavy atom. The minimum atomic E-state index is 0.273. The van der Waals surface area contributed by atoms with Gasteiger partial charge in [-0.2, -0.15) is 0 Å². The second-order valence-electron chi connectivity index (χ2n) is 5.65. The molecule has 1 aliphatic heterocycles. The molecule has 3 N–H and O–H groups in total. The summed E-state index contributed by atoms with van der Waals surface area (Å²) in [5.41, 5.74) is 10.9. The average molecular weight is 218 g/mol. The van der Waals surface area contributed by atoms with Crippen LogP contribution in [0.5, 0.6) is 0 Å². The van der Waals surface area contributed by atoms with Gasteiger partial charge in [0.2, 0.25) is 0 Å². The summed E-state index contributed by atoms with van der Waals surface area (Å²) in [6.45, 7) is 11.3. The Kier molecular flexibility index (Phi) is 2.41. The first-order valence-corrected chi connectivity index (χ1v) is 6.01. The first kappa shape index (κ1) is 11.3. The van der Waals surface area contributed by atoms with E-state index in [1.54, 1.807) is 0 Å². The normalized spacial score (nSPS) is 27.1. The van der Waals surface area contributed by atoms with Gasteiger partial charge in [-0.05, 0) is 42.4 Å². The summed E-state index contributed by atoms with van der Waals surface area (Å²) in [5.74, 6) is 0.554. The van der Waals surface area contributed by atoms with Gasteiger partial charge in [-0.3, -0.25) is 0 Å². The summed E-state index contributed by atoms with van der Waals surface area (Å²) in [5, 5.41) is 3.61. The molecular weight excluding hydrogens is 196 g/mol. The van der Waals surface area contributed by atoms with Crippen LogP contribution < -0.4 is 11.1 Å². The Labute approximate surface area is 98.2 Å². The largest absolute Gasteiger partial charge is 0.398 e. The van der Waals surface area contributed by atoms with Gasteiger partial charge in [-0.15, -0.1) is 0 Å². The zero-order valence-electron chi connectivity index (χ0n) is 10.9. The third-order valence-electron chi connectivity index (χ3n) is 4.60. The summed E-state index contributed by atoms with van der Waals surface area (Å²) >= 11 is 0. The Balaban J connectivity index is 2.59. The van der Waals surface area contributed by atoms with Crippen molar-refractivity contribution in [1.82, 2.24) is 0 Å². The molecule has 0 radical (unpaired) electrons. The monoisotopic (exact) mass is 218 g/mol. The van der Waals surface area contributed by atoms with Crippen molar-refractivity contribution in [2.24, 2.45) is 5.41 Å². The topological polar surface area (TPSA) is 38.0 Å². The molecule has 0 saturated heterocycles. The van der Waals surface area contributed by atoms with E-state index >= 15 is 0 Å². The van der Waals surface area contributed by atoms with Gasteiger partial charge in [0.1, 0.15) is 0 Å². The van der Waals surface area contributed by atoms with E-state index < -0.39 is 0 Å². The number of anilines is 2. The van der Waals surface area contributed by atoms with Gasteiger partial charge in [0.25, 0.3) is 0 Å². The fraction of sp³-hybridized carbons (Fsp3) is 0.571. The van der Waals surface area contributed by atoms with Crippen molar-refractivity contribution in [3.63, 3.8) is 0 Å². The molecule has 1 aliphatic rings. The molecule has 0 bridgehead atoms. The van der Waals surface area contributed by atoms with E-state index in [0.29, 0.717) is 12.0 Å². The first-order chi connectivity index (χ1) is 7.35. The lowest BCUT2D eigenvalue weighted by atomic mass is 9.68. The predicted molar refractivity (Wildman–Crippen MR) is 70.9 cm³/mol. The summed E-state index contributed by atoms with van der Waals surface area (Å²) in [6.07, 6.45) is 0. The molecule has 0 spiro atoms. The molecule has 2 rings (SSSR count). The molecular formula is C14H22N2. The summed E-state index contributed by atoms with van der Waals surface area (Å²) in [4.78, 5) is 0. The van der Waals surface area contributed by atoms with E-state index in [1.807, 2.05) is 6.07 Å². The molecule has 2 heteroatoms. The van der Waals surface area contributed by atoms with Gasteiger partial charge >= 0.3 is 0 Å². The molecule has 1 heterocycles. The zero-order chi connectivity index (χ0) is 12.1. The van der Waals surface area contributed by atoms with Crippen LogP contribution in [-0.2, 0) is 0 Å².